The maximum Gasteiger partial charge on any atom is 0.232 e. The maximum atomic E-state index is 13.6. The van der Waals surface area contributed by atoms with Crippen LogP contribution in [0.3, 0.4) is 0 Å². The number of furan rings is 1. The van der Waals surface area contributed by atoms with Gasteiger partial charge in [-0.25, -0.2) is 12.8 Å². The minimum atomic E-state index is -3.62. The van der Waals surface area contributed by atoms with E-state index >= 15 is 0 Å². The zero-order valence-corrected chi connectivity index (χ0v) is 22.1. The zero-order chi connectivity index (χ0) is 26.7. The van der Waals surface area contributed by atoms with Crippen molar-refractivity contribution in [2.45, 2.75) is 13.0 Å². The van der Waals surface area contributed by atoms with E-state index in [0.717, 1.165) is 33.2 Å². The lowest BCUT2D eigenvalue weighted by atomic mass is 9.98. The molecular weight excluding hydrogens is 499 g/mol. The van der Waals surface area contributed by atoms with Gasteiger partial charge < -0.3 is 9.73 Å². The fourth-order valence-corrected chi connectivity index (χ4v) is 5.70. The van der Waals surface area contributed by atoms with Crippen LogP contribution in [0, 0.1) is 5.82 Å². The van der Waals surface area contributed by atoms with E-state index in [-0.39, 0.29) is 12.4 Å². The lowest BCUT2D eigenvalue weighted by Gasteiger charge is -2.25. The van der Waals surface area contributed by atoms with E-state index in [1.807, 2.05) is 79.8 Å². The summed E-state index contributed by atoms with van der Waals surface area (Å²) in [4.78, 5) is 0. The van der Waals surface area contributed by atoms with Gasteiger partial charge in [0.05, 0.1) is 11.9 Å². The van der Waals surface area contributed by atoms with Gasteiger partial charge in [-0.3, -0.25) is 4.31 Å². The number of benzene rings is 4. The average molecular weight is 529 g/mol. The molecule has 0 aliphatic rings. The quantitative estimate of drug-likeness (QED) is 0.233. The maximum absolute atomic E-state index is 13.6. The molecule has 1 heterocycles. The van der Waals surface area contributed by atoms with Gasteiger partial charge in [0.2, 0.25) is 10.0 Å². The Morgan fingerprint density at radius 2 is 1.53 bits per heavy atom. The number of halogens is 1. The highest BCUT2D eigenvalue weighted by atomic mass is 32.2. The van der Waals surface area contributed by atoms with Crippen molar-refractivity contribution in [3.05, 3.63) is 114 Å². The number of nitrogens with zero attached hydrogens (tertiary/aromatic N) is 1. The van der Waals surface area contributed by atoms with Gasteiger partial charge in [-0.1, -0.05) is 60.7 Å². The highest BCUT2D eigenvalue weighted by Gasteiger charge is 2.25. The first-order valence-electron chi connectivity index (χ1n) is 12.4. The molecule has 0 saturated carbocycles. The van der Waals surface area contributed by atoms with Crippen LogP contribution < -0.4 is 9.62 Å². The average Bonchev–Trinajstić information content (AvgIpc) is 3.26. The van der Waals surface area contributed by atoms with Gasteiger partial charge in [-0.05, 0) is 54.9 Å². The molecule has 0 aliphatic carbocycles. The predicted molar refractivity (Wildman–Crippen MR) is 152 cm³/mol. The molecule has 4 aromatic carbocycles. The Kier molecular flexibility index (Phi) is 7.31. The molecule has 0 fully saturated rings. The predicted octanol–water partition coefficient (Wildman–Crippen LogP) is 6.63. The number of hydrogen-bond acceptors (Lipinski definition) is 4. The molecular formula is C31H29FN2O3S. The molecule has 7 heteroatoms. The standard InChI is InChI=1S/C31H29FN2O3S/c1-33-21-28-27-19-26(23-11-7-4-8-12-23)29(20-30(27)37-31(28)24-13-15-25(32)16-14-24)34(38(2,35)36)18-17-22-9-5-3-6-10-22/h3-16,19-20,33H,17-18,21H2,1-2H3. The van der Waals surface area contributed by atoms with Crippen molar-refractivity contribution in [2.75, 3.05) is 24.2 Å². The van der Waals surface area contributed by atoms with Crippen LogP contribution in [0.2, 0.25) is 0 Å². The van der Waals surface area contributed by atoms with Gasteiger partial charge in [0.25, 0.3) is 0 Å². The summed E-state index contributed by atoms with van der Waals surface area (Å²) in [5, 5.41) is 4.08. The second-order valence-electron chi connectivity index (χ2n) is 9.25. The van der Waals surface area contributed by atoms with Gasteiger partial charge >= 0.3 is 0 Å². The van der Waals surface area contributed by atoms with Crippen LogP contribution >= 0.6 is 0 Å². The van der Waals surface area contributed by atoms with Gasteiger partial charge in [0.1, 0.15) is 17.2 Å². The third-order valence-corrected chi connectivity index (χ3v) is 7.75. The Bertz CT molecular complexity index is 1650. The third-order valence-electron chi connectivity index (χ3n) is 6.57. The van der Waals surface area contributed by atoms with E-state index in [4.69, 9.17) is 4.42 Å². The van der Waals surface area contributed by atoms with Crippen LogP contribution in [-0.2, 0) is 23.0 Å². The Balaban J connectivity index is 1.72. The largest absolute Gasteiger partial charge is 0.456 e. The molecule has 5 aromatic rings. The van der Waals surface area contributed by atoms with Crippen LogP contribution in [0.1, 0.15) is 11.1 Å². The fourth-order valence-electron chi connectivity index (χ4n) is 4.77. The van der Waals surface area contributed by atoms with Crippen molar-refractivity contribution in [3.63, 3.8) is 0 Å². The van der Waals surface area contributed by atoms with Crippen LogP contribution in [0.25, 0.3) is 33.4 Å². The summed E-state index contributed by atoms with van der Waals surface area (Å²) in [5.74, 6) is 0.302. The first kappa shape index (κ1) is 25.7. The van der Waals surface area contributed by atoms with Crippen molar-refractivity contribution in [2.24, 2.45) is 0 Å². The zero-order valence-electron chi connectivity index (χ0n) is 21.3. The molecule has 194 valence electrons. The van der Waals surface area contributed by atoms with Crippen LogP contribution in [-0.4, -0.2) is 28.3 Å². The fraction of sp³-hybridized carbons (Fsp3) is 0.161. The van der Waals surface area contributed by atoms with E-state index in [1.54, 1.807) is 12.1 Å². The van der Waals surface area contributed by atoms with E-state index in [1.165, 1.54) is 22.7 Å². The smallest absolute Gasteiger partial charge is 0.232 e. The number of anilines is 1. The summed E-state index contributed by atoms with van der Waals surface area (Å²) in [6, 6.07) is 29.6. The number of nitrogens with one attached hydrogen (secondary N) is 1. The molecule has 5 nitrogen and oxygen atoms in total. The summed E-state index contributed by atoms with van der Waals surface area (Å²) in [5.41, 5.74) is 5.54. The molecule has 0 unspecified atom stereocenters. The second kappa shape index (κ2) is 10.8. The normalized spacial score (nSPS) is 11.7. The molecule has 5 rings (SSSR count). The minimum absolute atomic E-state index is 0.281. The molecule has 0 saturated heterocycles. The Morgan fingerprint density at radius 3 is 2.16 bits per heavy atom. The number of hydrogen-bond donors (Lipinski definition) is 1. The van der Waals surface area contributed by atoms with Crippen molar-refractivity contribution in [1.82, 2.24) is 5.32 Å². The highest BCUT2D eigenvalue weighted by molar-refractivity contribution is 7.92. The topological polar surface area (TPSA) is 62.6 Å². The summed E-state index contributed by atoms with van der Waals surface area (Å²) >= 11 is 0. The molecule has 38 heavy (non-hydrogen) atoms. The van der Waals surface area contributed by atoms with Gasteiger partial charge in [-0.2, -0.15) is 0 Å². The van der Waals surface area contributed by atoms with E-state index in [0.29, 0.717) is 30.0 Å². The third kappa shape index (κ3) is 5.35. The Hall–Kier alpha value is -3.94. The van der Waals surface area contributed by atoms with E-state index < -0.39 is 10.0 Å². The van der Waals surface area contributed by atoms with Gasteiger partial charge in [0.15, 0.2) is 0 Å². The van der Waals surface area contributed by atoms with Gasteiger partial charge in [0, 0.05) is 41.2 Å². The van der Waals surface area contributed by atoms with Crippen LogP contribution in [0.5, 0.6) is 0 Å². The van der Waals surface area contributed by atoms with Crippen molar-refractivity contribution < 1.29 is 17.2 Å². The SMILES string of the molecule is CNCc1c(-c2ccc(F)cc2)oc2cc(N(CCc3ccccc3)S(C)(=O)=O)c(-c3ccccc3)cc12. The molecule has 0 aliphatic heterocycles. The molecule has 0 amide bonds. The van der Waals surface area contributed by atoms with Crippen LogP contribution in [0.15, 0.2) is 101 Å². The Labute approximate surface area is 222 Å². The van der Waals surface area contributed by atoms with E-state index in [9.17, 15) is 12.8 Å². The number of rotatable bonds is 9. The molecule has 0 spiro atoms. The molecule has 1 N–H and O–H groups in total. The molecule has 1 aromatic heterocycles. The first-order valence-corrected chi connectivity index (χ1v) is 14.3. The number of sulfonamides is 1. The minimum Gasteiger partial charge on any atom is -0.456 e. The van der Waals surface area contributed by atoms with Crippen molar-refractivity contribution >= 4 is 26.7 Å². The van der Waals surface area contributed by atoms with E-state index in [2.05, 4.69) is 5.32 Å². The number of fused-ring (bicyclic) bond motifs is 1. The monoisotopic (exact) mass is 528 g/mol. The lowest BCUT2D eigenvalue weighted by molar-refractivity contribution is 0.596. The van der Waals surface area contributed by atoms with Gasteiger partial charge in [-0.15, -0.1) is 0 Å². The summed E-state index contributed by atoms with van der Waals surface area (Å²) in [7, 11) is -1.76. The first-order chi connectivity index (χ1) is 18.3. The second-order valence-corrected chi connectivity index (χ2v) is 11.2. The molecule has 0 bridgehead atoms. The lowest BCUT2D eigenvalue weighted by Crippen LogP contribution is -2.32. The van der Waals surface area contributed by atoms with Crippen molar-refractivity contribution in [1.29, 1.82) is 0 Å². The summed E-state index contributed by atoms with van der Waals surface area (Å²) in [6.07, 6.45) is 1.79. The van der Waals surface area contributed by atoms with Crippen LogP contribution in [0.4, 0.5) is 10.1 Å². The summed E-state index contributed by atoms with van der Waals surface area (Å²) < 4.78 is 47.7. The Morgan fingerprint density at radius 1 is 0.868 bits per heavy atom. The molecule has 0 atom stereocenters. The van der Waals surface area contributed by atoms with Crippen molar-refractivity contribution in [3.8, 4) is 22.5 Å². The molecule has 0 radical (unpaired) electrons. The highest BCUT2D eigenvalue weighted by Crippen LogP contribution is 2.41. The summed E-state index contributed by atoms with van der Waals surface area (Å²) in [6.45, 7) is 0.806.